The van der Waals surface area contributed by atoms with Gasteiger partial charge in [-0.25, -0.2) is 4.98 Å². The van der Waals surface area contributed by atoms with Gasteiger partial charge in [0.2, 0.25) is 11.1 Å². The number of nitrogens with zero attached hydrogens (tertiary/aromatic N) is 3. The van der Waals surface area contributed by atoms with E-state index in [0.717, 1.165) is 31.0 Å². The molecule has 0 unspecified atom stereocenters. The summed E-state index contributed by atoms with van der Waals surface area (Å²) in [5.74, 6) is 1.09. The molecular formula is C18H25N5OS. The number of thioether (sulfide) groups is 1. The summed E-state index contributed by atoms with van der Waals surface area (Å²) in [5.41, 5.74) is 2.07. The van der Waals surface area contributed by atoms with E-state index in [1.54, 1.807) is 0 Å². The van der Waals surface area contributed by atoms with Crippen LogP contribution in [-0.4, -0.2) is 39.9 Å². The second-order valence-corrected chi connectivity index (χ2v) is 7.15. The Labute approximate surface area is 152 Å². The zero-order valence-electron chi connectivity index (χ0n) is 14.6. The number of aromatic nitrogens is 3. The second-order valence-electron chi connectivity index (χ2n) is 6.20. The fourth-order valence-corrected chi connectivity index (χ4v) is 3.53. The quantitative estimate of drug-likeness (QED) is 0.773. The lowest BCUT2D eigenvalue weighted by molar-refractivity contribution is -0.113. The number of aryl methyl sites for hydroxylation is 1. The third kappa shape index (κ3) is 5.22. The van der Waals surface area contributed by atoms with Crippen LogP contribution in [0.3, 0.4) is 0 Å². The molecule has 1 aliphatic rings. The van der Waals surface area contributed by atoms with Crippen molar-refractivity contribution in [2.24, 2.45) is 0 Å². The number of hydrogen-bond acceptors (Lipinski definition) is 5. The summed E-state index contributed by atoms with van der Waals surface area (Å²) in [4.78, 5) is 18.8. The fourth-order valence-electron chi connectivity index (χ4n) is 2.91. The lowest BCUT2D eigenvalue weighted by Gasteiger charge is -2.22. The van der Waals surface area contributed by atoms with E-state index in [9.17, 15) is 4.79 Å². The van der Waals surface area contributed by atoms with Crippen LogP contribution in [-0.2, 0) is 11.2 Å². The molecule has 0 atom stereocenters. The number of carbonyl (C=O) groups is 1. The zero-order chi connectivity index (χ0) is 17.5. The van der Waals surface area contributed by atoms with E-state index in [-0.39, 0.29) is 5.91 Å². The Balaban J connectivity index is 1.49. The maximum atomic E-state index is 12.1. The van der Waals surface area contributed by atoms with Crippen LogP contribution in [0.1, 0.15) is 38.4 Å². The molecule has 134 valence electrons. The van der Waals surface area contributed by atoms with Crippen molar-refractivity contribution in [1.82, 2.24) is 15.2 Å². The largest absolute Gasteiger partial charge is 0.372 e. The van der Waals surface area contributed by atoms with Crippen molar-refractivity contribution in [3.63, 3.8) is 0 Å². The van der Waals surface area contributed by atoms with Crippen LogP contribution in [0, 0.1) is 0 Å². The summed E-state index contributed by atoms with van der Waals surface area (Å²) in [6.45, 7) is 4.26. The van der Waals surface area contributed by atoms with Crippen molar-refractivity contribution in [2.45, 2.75) is 44.2 Å². The van der Waals surface area contributed by atoms with Gasteiger partial charge in [-0.3, -0.25) is 9.89 Å². The third-order valence-corrected chi connectivity index (χ3v) is 5.15. The molecule has 0 radical (unpaired) electrons. The predicted molar refractivity (Wildman–Crippen MR) is 102 cm³/mol. The molecule has 1 amide bonds. The molecule has 1 aliphatic heterocycles. The third-order valence-electron chi connectivity index (χ3n) is 4.30. The lowest BCUT2D eigenvalue weighted by Crippen LogP contribution is -2.23. The van der Waals surface area contributed by atoms with Gasteiger partial charge in [0.05, 0.1) is 5.75 Å². The molecule has 2 aromatic rings. The number of H-pyrrole nitrogens is 1. The van der Waals surface area contributed by atoms with Gasteiger partial charge in [0.15, 0.2) is 0 Å². The second kappa shape index (κ2) is 8.89. The summed E-state index contributed by atoms with van der Waals surface area (Å²) in [5, 5.41) is 10.5. The number of anilines is 2. The first kappa shape index (κ1) is 17.8. The first-order chi connectivity index (χ1) is 12.2. The molecule has 1 aromatic heterocycles. The van der Waals surface area contributed by atoms with E-state index in [2.05, 4.69) is 37.5 Å². The average molecular weight is 359 g/mol. The van der Waals surface area contributed by atoms with Gasteiger partial charge < -0.3 is 10.2 Å². The van der Waals surface area contributed by atoms with Crippen molar-refractivity contribution >= 4 is 29.0 Å². The van der Waals surface area contributed by atoms with E-state index in [1.807, 2.05) is 19.1 Å². The van der Waals surface area contributed by atoms with E-state index in [4.69, 9.17) is 0 Å². The summed E-state index contributed by atoms with van der Waals surface area (Å²) in [7, 11) is 0. The number of rotatable bonds is 6. The molecule has 6 nitrogen and oxygen atoms in total. The number of amides is 1. The van der Waals surface area contributed by atoms with E-state index < -0.39 is 0 Å². The highest BCUT2D eigenvalue weighted by Gasteiger charge is 2.11. The zero-order valence-corrected chi connectivity index (χ0v) is 15.4. The normalized spacial score (nSPS) is 15.0. The molecule has 2 heterocycles. The minimum Gasteiger partial charge on any atom is -0.372 e. The van der Waals surface area contributed by atoms with Crippen LogP contribution in [0.5, 0.6) is 0 Å². The Morgan fingerprint density at radius 1 is 1.20 bits per heavy atom. The van der Waals surface area contributed by atoms with Gasteiger partial charge in [0.25, 0.3) is 0 Å². The molecular weight excluding hydrogens is 334 g/mol. The predicted octanol–water partition coefficient (Wildman–Crippen LogP) is 3.48. The van der Waals surface area contributed by atoms with Crippen molar-refractivity contribution in [2.75, 3.05) is 29.1 Å². The molecule has 0 spiro atoms. The highest BCUT2D eigenvalue weighted by atomic mass is 32.2. The molecule has 3 rings (SSSR count). The minimum absolute atomic E-state index is 0.0460. The van der Waals surface area contributed by atoms with E-state index >= 15 is 0 Å². The molecule has 2 N–H and O–H groups in total. The van der Waals surface area contributed by atoms with Crippen LogP contribution in [0.2, 0.25) is 0 Å². The van der Waals surface area contributed by atoms with Crippen LogP contribution < -0.4 is 10.2 Å². The average Bonchev–Trinajstić information content (AvgIpc) is 2.93. The number of aromatic amines is 1. The first-order valence-corrected chi connectivity index (χ1v) is 9.92. The van der Waals surface area contributed by atoms with Gasteiger partial charge in [-0.1, -0.05) is 31.5 Å². The topological polar surface area (TPSA) is 73.9 Å². The fraction of sp³-hybridized carbons (Fsp3) is 0.500. The van der Waals surface area contributed by atoms with Crippen LogP contribution in [0.4, 0.5) is 11.4 Å². The Morgan fingerprint density at radius 3 is 2.56 bits per heavy atom. The van der Waals surface area contributed by atoms with Crippen LogP contribution in [0.25, 0.3) is 0 Å². The van der Waals surface area contributed by atoms with Crippen molar-refractivity contribution in [3.05, 3.63) is 30.1 Å². The summed E-state index contributed by atoms with van der Waals surface area (Å²) >= 11 is 1.34. The molecule has 25 heavy (non-hydrogen) atoms. The number of benzene rings is 1. The Bertz CT molecular complexity index is 677. The van der Waals surface area contributed by atoms with Crippen LogP contribution >= 0.6 is 11.8 Å². The van der Waals surface area contributed by atoms with Crippen LogP contribution in [0.15, 0.2) is 29.4 Å². The Morgan fingerprint density at radius 2 is 1.92 bits per heavy atom. The first-order valence-electron chi connectivity index (χ1n) is 8.93. The number of hydrogen-bond donors (Lipinski definition) is 2. The van der Waals surface area contributed by atoms with E-state index in [0.29, 0.717) is 10.9 Å². The molecule has 0 saturated carbocycles. The molecule has 1 aromatic carbocycles. The van der Waals surface area contributed by atoms with Gasteiger partial charge in [0.1, 0.15) is 5.82 Å². The standard InChI is InChI=1S/C18H25N5OS/c1-2-16-20-18(22-21-16)25-13-17(24)19-14-7-9-15(10-8-14)23-11-5-3-4-6-12-23/h7-10H,2-6,11-13H2,1H3,(H,19,24)(H,20,21,22). The van der Waals surface area contributed by atoms with Gasteiger partial charge in [0, 0.05) is 30.9 Å². The van der Waals surface area contributed by atoms with Gasteiger partial charge in [-0.15, -0.1) is 5.10 Å². The smallest absolute Gasteiger partial charge is 0.234 e. The van der Waals surface area contributed by atoms with E-state index in [1.165, 1.54) is 43.1 Å². The number of carbonyl (C=O) groups excluding carboxylic acids is 1. The van der Waals surface area contributed by atoms with Crippen molar-refractivity contribution in [1.29, 1.82) is 0 Å². The Kier molecular flexibility index (Phi) is 6.33. The summed E-state index contributed by atoms with van der Waals surface area (Å²) in [6, 6.07) is 8.14. The van der Waals surface area contributed by atoms with Gasteiger partial charge >= 0.3 is 0 Å². The molecule has 7 heteroatoms. The lowest BCUT2D eigenvalue weighted by atomic mass is 10.2. The summed E-state index contributed by atoms with van der Waals surface area (Å²) < 4.78 is 0. The monoisotopic (exact) mass is 359 g/mol. The minimum atomic E-state index is -0.0460. The molecule has 0 aliphatic carbocycles. The SMILES string of the molecule is CCc1nc(SCC(=O)Nc2ccc(N3CCCCCC3)cc2)n[nH]1. The molecule has 1 fully saturated rings. The maximum absolute atomic E-state index is 12.1. The Hall–Kier alpha value is -2.02. The van der Waals surface area contributed by atoms with Crippen molar-refractivity contribution in [3.8, 4) is 0 Å². The van der Waals surface area contributed by atoms with Gasteiger partial charge in [-0.2, -0.15) is 0 Å². The molecule has 0 bridgehead atoms. The van der Waals surface area contributed by atoms with Crippen molar-refractivity contribution < 1.29 is 4.79 Å². The maximum Gasteiger partial charge on any atom is 0.234 e. The highest BCUT2D eigenvalue weighted by Crippen LogP contribution is 2.22. The van der Waals surface area contributed by atoms with Gasteiger partial charge in [-0.05, 0) is 37.1 Å². The highest BCUT2D eigenvalue weighted by molar-refractivity contribution is 7.99. The summed E-state index contributed by atoms with van der Waals surface area (Å²) in [6.07, 6.45) is 5.98. The number of nitrogens with one attached hydrogen (secondary N) is 2. The molecule has 1 saturated heterocycles.